The molecule has 0 aliphatic heterocycles. The Balaban J connectivity index is 2.20. The highest BCUT2D eigenvalue weighted by Gasteiger charge is 2.18. The first kappa shape index (κ1) is 16.2. The zero-order chi connectivity index (χ0) is 16.1. The summed E-state index contributed by atoms with van der Waals surface area (Å²) in [5.41, 5.74) is 3.04. The average Bonchev–Trinajstić information content (AvgIpc) is 3.01. The topological polar surface area (TPSA) is 70.5 Å². The summed E-state index contributed by atoms with van der Waals surface area (Å²) in [5.74, 6) is -1.08. The Morgan fingerprint density at radius 1 is 1.32 bits per heavy atom. The molecular weight excluding hydrogens is 300 g/mol. The van der Waals surface area contributed by atoms with Gasteiger partial charge in [0.1, 0.15) is 0 Å². The van der Waals surface area contributed by atoms with E-state index >= 15 is 0 Å². The fraction of sp³-hybridized carbons (Fsp3) is 0.312. The fourth-order valence-corrected chi connectivity index (χ4v) is 2.81. The van der Waals surface area contributed by atoms with Gasteiger partial charge in [0.25, 0.3) is 5.91 Å². The first-order chi connectivity index (χ1) is 10.5. The van der Waals surface area contributed by atoms with Gasteiger partial charge in [-0.3, -0.25) is 14.6 Å². The summed E-state index contributed by atoms with van der Waals surface area (Å²) in [6.45, 7) is 4.31. The van der Waals surface area contributed by atoms with Crippen molar-refractivity contribution in [1.29, 1.82) is 0 Å². The molecule has 0 aliphatic rings. The molecule has 1 amide bonds. The van der Waals surface area contributed by atoms with Crippen molar-refractivity contribution < 1.29 is 14.7 Å². The molecule has 0 bridgehead atoms. The third kappa shape index (κ3) is 3.71. The van der Waals surface area contributed by atoms with Crippen molar-refractivity contribution >= 4 is 23.2 Å². The minimum atomic E-state index is -0.908. The van der Waals surface area contributed by atoms with E-state index in [0.29, 0.717) is 17.8 Å². The van der Waals surface area contributed by atoms with Crippen LogP contribution in [0, 0.1) is 6.92 Å². The smallest absolute Gasteiger partial charge is 0.305 e. The lowest BCUT2D eigenvalue weighted by atomic mass is 10.1. The summed E-state index contributed by atoms with van der Waals surface area (Å²) in [6, 6.07) is 5.58. The van der Waals surface area contributed by atoms with E-state index in [-0.39, 0.29) is 18.9 Å². The number of amides is 1. The summed E-state index contributed by atoms with van der Waals surface area (Å²) in [5, 5.41) is 12.7. The second kappa shape index (κ2) is 7.17. The standard InChI is InChI=1S/C16H18N2O3S/c1-3-18(8-6-15(19)20)16(21)13-4-5-14(17-11(13)2)12-7-9-22-10-12/h4-5,7,9-10H,3,6,8H2,1-2H3,(H,19,20). The number of nitrogens with zero attached hydrogens (tertiary/aromatic N) is 2. The molecule has 0 fully saturated rings. The molecule has 0 aromatic carbocycles. The Morgan fingerprint density at radius 2 is 2.09 bits per heavy atom. The molecule has 0 atom stereocenters. The highest BCUT2D eigenvalue weighted by Crippen LogP contribution is 2.22. The van der Waals surface area contributed by atoms with Crippen LogP contribution in [0.1, 0.15) is 29.4 Å². The molecule has 2 rings (SSSR count). The second-order valence-electron chi connectivity index (χ2n) is 4.87. The number of carbonyl (C=O) groups excluding carboxylic acids is 1. The van der Waals surface area contributed by atoms with Gasteiger partial charge in [0.05, 0.1) is 23.4 Å². The average molecular weight is 318 g/mol. The maximum atomic E-state index is 12.5. The van der Waals surface area contributed by atoms with E-state index in [2.05, 4.69) is 4.98 Å². The SMILES string of the molecule is CCN(CCC(=O)O)C(=O)c1ccc(-c2ccsc2)nc1C. The number of thiophene rings is 1. The van der Waals surface area contributed by atoms with Crippen molar-refractivity contribution in [3.8, 4) is 11.3 Å². The fourth-order valence-electron chi connectivity index (χ4n) is 2.16. The lowest BCUT2D eigenvalue weighted by molar-refractivity contribution is -0.137. The third-order valence-electron chi connectivity index (χ3n) is 3.40. The van der Waals surface area contributed by atoms with Gasteiger partial charge >= 0.3 is 5.97 Å². The highest BCUT2D eigenvalue weighted by atomic mass is 32.1. The lowest BCUT2D eigenvalue weighted by Crippen LogP contribution is -2.33. The van der Waals surface area contributed by atoms with Crippen LogP contribution in [0.4, 0.5) is 0 Å². The minimum Gasteiger partial charge on any atom is -0.481 e. The number of aryl methyl sites for hydroxylation is 1. The molecule has 2 heterocycles. The van der Waals surface area contributed by atoms with Gasteiger partial charge in [0, 0.05) is 24.0 Å². The number of hydrogen-bond acceptors (Lipinski definition) is 4. The van der Waals surface area contributed by atoms with E-state index < -0.39 is 5.97 Å². The van der Waals surface area contributed by atoms with Crippen LogP contribution in [0.3, 0.4) is 0 Å². The van der Waals surface area contributed by atoms with E-state index in [9.17, 15) is 9.59 Å². The van der Waals surface area contributed by atoms with Crippen LogP contribution < -0.4 is 0 Å². The molecule has 1 N–H and O–H groups in total. The van der Waals surface area contributed by atoms with Crippen LogP contribution in [0.2, 0.25) is 0 Å². The second-order valence-corrected chi connectivity index (χ2v) is 5.65. The summed E-state index contributed by atoms with van der Waals surface area (Å²) >= 11 is 1.60. The summed E-state index contributed by atoms with van der Waals surface area (Å²) in [4.78, 5) is 29.2. The molecule has 0 radical (unpaired) electrons. The van der Waals surface area contributed by atoms with E-state index in [1.807, 2.05) is 29.8 Å². The number of rotatable bonds is 6. The Bertz CT molecular complexity index is 668. The number of pyridine rings is 1. The van der Waals surface area contributed by atoms with Gasteiger partial charge in [-0.2, -0.15) is 11.3 Å². The van der Waals surface area contributed by atoms with Crippen LogP contribution in [0.15, 0.2) is 29.0 Å². The highest BCUT2D eigenvalue weighted by molar-refractivity contribution is 7.08. The Kier molecular flexibility index (Phi) is 5.27. The maximum absolute atomic E-state index is 12.5. The van der Waals surface area contributed by atoms with Crippen LogP contribution in [-0.2, 0) is 4.79 Å². The van der Waals surface area contributed by atoms with Gasteiger partial charge in [-0.05, 0) is 37.4 Å². The normalized spacial score (nSPS) is 10.5. The zero-order valence-corrected chi connectivity index (χ0v) is 13.4. The van der Waals surface area contributed by atoms with Crippen LogP contribution >= 0.6 is 11.3 Å². The van der Waals surface area contributed by atoms with E-state index in [4.69, 9.17) is 5.11 Å². The molecule has 0 saturated heterocycles. The molecule has 2 aromatic heterocycles. The molecule has 116 valence electrons. The zero-order valence-electron chi connectivity index (χ0n) is 12.6. The Labute approximate surface area is 133 Å². The van der Waals surface area contributed by atoms with Gasteiger partial charge in [-0.15, -0.1) is 0 Å². The predicted octanol–water partition coefficient (Wildman–Crippen LogP) is 3.06. The minimum absolute atomic E-state index is 0.0565. The Morgan fingerprint density at radius 3 is 2.64 bits per heavy atom. The summed E-state index contributed by atoms with van der Waals surface area (Å²) in [6.07, 6.45) is -0.0565. The van der Waals surface area contributed by atoms with Gasteiger partial charge < -0.3 is 10.0 Å². The largest absolute Gasteiger partial charge is 0.481 e. The number of carbonyl (C=O) groups is 2. The number of aliphatic carboxylic acids is 1. The monoisotopic (exact) mass is 318 g/mol. The van der Waals surface area contributed by atoms with Crippen molar-refractivity contribution in [3.63, 3.8) is 0 Å². The van der Waals surface area contributed by atoms with Crippen molar-refractivity contribution in [2.75, 3.05) is 13.1 Å². The molecular formula is C16H18N2O3S. The quantitative estimate of drug-likeness (QED) is 0.888. The van der Waals surface area contributed by atoms with Crippen molar-refractivity contribution in [2.45, 2.75) is 20.3 Å². The predicted molar refractivity (Wildman–Crippen MR) is 86.1 cm³/mol. The first-order valence-corrected chi connectivity index (χ1v) is 7.98. The van der Waals surface area contributed by atoms with Crippen LogP contribution in [0.5, 0.6) is 0 Å². The van der Waals surface area contributed by atoms with Gasteiger partial charge in [0.2, 0.25) is 0 Å². The first-order valence-electron chi connectivity index (χ1n) is 7.04. The van der Waals surface area contributed by atoms with Gasteiger partial charge in [0.15, 0.2) is 0 Å². The molecule has 6 heteroatoms. The van der Waals surface area contributed by atoms with Crippen molar-refractivity contribution in [2.24, 2.45) is 0 Å². The Hall–Kier alpha value is -2.21. The summed E-state index contributed by atoms with van der Waals surface area (Å²) in [7, 11) is 0. The van der Waals surface area contributed by atoms with Crippen molar-refractivity contribution in [1.82, 2.24) is 9.88 Å². The lowest BCUT2D eigenvalue weighted by Gasteiger charge is -2.21. The number of aromatic nitrogens is 1. The summed E-state index contributed by atoms with van der Waals surface area (Å²) < 4.78 is 0. The van der Waals surface area contributed by atoms with E-state index in [1.165, 1.54) is 4.90 Å². The van der Waals surface area contributed by atoms with Gasteiger partial charge in [-0.25, -0.2) is 0 Å². The molecule has 5 nitrogen and oxygen atoms in total. The number of carboxylic acid groups (broad SMARTS) is 1. The molecule has 0 aliphatic carbocycles. The molecule has 0 saturated carbocycles. The third-order valence-corrected chi connectivity index (χ3v) is 4.08. The van der Waals surface area contributed by atoms with E-state index in [0.717, 1.165) is 11.3 Å². The molecule has 0 spiro atoms. The molecule has 2 aromatic rings. The van der Waals surface area contributed by atoms with Gasteiger partial charge in [-0.1, -0.05) is 0 Å². The van der Waals surface area contributed by atoms with Crippen molar-refractivity contribution in [3.05, 3.63) is 40.2 Å². The van der Waals surface area contributed by atoms with Crippen LogP contribution in [0.25, 0.3) is 11.3 Å². The molecule has 0 unspecified atom stereocenters. The molecule has 22 heavy (non-hydrogen) atoms. The van der Waals surface area contributed by atoms with E-state index in [1.54, 1.807) is 24.3 Å². The maximum Gasteiger partial charge on any atom is 0.305 e. The number of carboxylic acids is 1. The van der Waals surface area contributed by atoms with Crippen LogP contribution in [-0.4, -0.2) is 40.0 Å². The number of hydrogen-bond donors (Lipinski definition) is 1.